The summed E-state index contributed by atoms with van der Waals surface area (Å²) in [6.07, 6.45) is 0. The van der Waals surface area contributed by atoms with Crippen molar-refractivity contribution >= 4 is 11.8 Å². The maximum absolute atomic E-state index is 5.14. The number of nitrogens with zero attached hydrogens (tertiary/aromatic N) is 2. The first-order valence-corrected chi connectivity index (χ1v) is 17.8. The number of rotatable bonds is 4. The Morgan fingerprint density at radius 3 is 1.58 bits per heavy atom. The van der Waals surface area contributed by atoms with Gasteiger partial charge in [-0.25, -0.2) is 9.97 Å². The quantitative estimate of drug-likeness (QED) is 0.189. The van der Waals surface area contributed by atoms with Crippen LogP contribution in [0.4, 0.5) is 0 Å². The average Bonchev–Trinajstić information content (AvgIpc) is 3.49. The summed E-state index contributed by atoms with van der Waals surface area (Å²) in [5.41, 5.74) is 14.9. The van der Waals surface area contributed by atoms with Crippen LogP contribution in [0.15, 0.2) is 192 Å². The van der Waals surface area contributed by atoms with E-state index in [0.29, 0.717) is 0 Å². The van der Waals surface area contributed by atoms with E-state index < -0.39 is 5.41 Å². The van der Waals surface area contributed by atoms with Crippen LogP contribution in [0.5, 0.6) is 0 Å². The van der Waals surface area contributed by atoms with E-state index in [1.807, 2.05) is 36.0 Å². The van der Waals surface area contributed by atoms with Crippen LogP contribution in [0, 0.1) is 0 Å². The molecule has 0 saturated heterocycles. The number of fused-ring (bicyclic) bond motifs is 9. The topological polar surface area (TPSA) is 25.8 Å². The largest absolute Gasteiger partial charge is 0.228 e. The third kappa shape index (κ3) is 4.37. The molecule has 50 heavy (non-hydrogen) atoms. The SMILES string of the molecule is c1ccc(-c2cc(-c3cccc(-c4cccc5c4Sc4ccccc4C54c5ccccc5-c5ccccc54)c3)nc(-c3ccccc3)n2)cc1. The van der Waals surface area contributed by atoms with E-state index in [1.54, 1.807) is 0 Å². The first-order chi connectivity index (χ1) is 24.8. The number of benzene rings is 7. The molecular weight excluding hydrogens is 625 g/mol. The fourth-order valence-corrected chi connectivity index (χ4v) is 9.34. The smallest absolute Gasteiger partial charge is 0.160 e. The van der Waals surface area contributed by atoms with E-state index in [0.717, 1.165) is 33.9 Å². The Morgan fingerprint density at radius 2 is 0.860 bits per heavy atom. The lowest BCUT2D eigenvalue weighted by atomic mass is 9.67. The van der Waals surface area contributed by atoms with Gasteiger partial charge >= 0.3 is 0 Å². The van der Waals surface area contributed by atoms with Gasteiger partial charge < -0.3 is 0 Å². The normalized spacial score (nSPS) is 13.3. The minimum Gasteiger partial charge on any atom is -0.228 e. The summed E-state index contributed by atoms with van der Waals surface area (Å²) in [4.78, 5) is 12.8. The molecule has 0 saturated carbocycles. The second kappa shape index (κ2) is 11.5. The Kier molecular flexibility index (Phi) is 6.68. The van der Waals surface area contributed by atoms with Crippen molar-refractivity contribution < 1.29 is 0 Å². The first kappa shape index (κ1) is 28.9. The van der Waals surface area contributed by atoms with Crippen LogP contribution in [0.2, 0.25) is 0 Å². The lowest BCUT2D eigenvalue weighted by molar-refractivity contribution is 0.723. The zero-order valence-corrected chi connectivity index (χ0v) is 27.9. The Balaban J connectivity index is 1.18. The van der Waals surface area contributed by atoms with Gasteiger partial charge in [0.05, 0.1) is 16.8 Å². The molecule has 0 unspecified atom stereocenters. The Hall–Kier alpha value is -6.03. The molecule has 1 aliphatic heterocycles. The molecule has 2 aliphatic rings. The van der Waals surface area contributed by atoms with Gasteiger partial charge in [0.2, 0.25) is 0 Å². The van der Waals surface area contributed by atoms with Gasteiger partial charge in [0.25, 0.3) is 0 Å². The Labute approximate surface area is 296 Å². The molecule has 2 nitrogen and oxygen atoms in total. The molecule has 1 aliphatic carbocycles. The second-order valence-electron chi connectivity index (χ2n) is 12.9. The predicted molar refractivity (Wildman–Crippen MR) is 205 cm³/mol. The van der Waals surface area contributed by atoms with E-state index in [9.17, 15) is 0 Å². The van der Waals surface area contributed by atoms with Crippen molar-refractivity contribution in [3.8, 4) is 56.2 Å². The van der Waals surface area contributed by atoms with Gasteiger partial charge in [-0.15, -0.1) is 0 Å². The van der Waals surface area contributed by atoms with Gasteiger partial charge in [0, 0.05) is 26.5 Å². The molecule has 7 aromatic carbocycles. The highest BCUT2D eigenvalue weighted by Gasteiger charge is 2.50. The molecule has 3 heteroatoms. The fraction of sp³-hybridized carbons (Fsp3) is 0.0213. The summed E-state index contributed by atoms with van der Waals surface area (Å²) in [5, 5.41) is 0. The average molecular weight is 655 g/mol. The monoisotopic (exact) mass is 654 g/mol. The number of hydrogen-bond donors (Lipinski definition) is 0. The molecule has 8 aromatic rings. The van der Waals surface area contributed by atoms with E-state index in [2.05, 4.69) is 158 Å². The lowest BCUT2D eigenvalue weighted by Gasteiger charge is -2.40. The first-order valence-electron chi connectivity index (χ1n) is 17.0. The van der Waals surface area contributed by atoms with E-state index in [-0.39, 0.29) is 0 Å². The van der Waals surface area contributed by atoms with Crippen LogP contribution >= 0.6 is 11.8 Å². The standard InChI is InChI=1S/C47H30N2S/c1-3-15-31(16-4-1)42-30-43(49-46(48-42)32-17-5-2-6-18-32)34-20-13-19-33(29-34)35-23-14-27-41-45(35)50-44-28-12-11-26-40(44)47(41)38-24-9-7-21-36(38)37-22-8-10-25-39(37)47/h1-30H. The molecular formula is C47H30N2S. The van der Waals surface area contributed by atoms with Crippen LogP contribution in [0.25, 0.3) is 56.2 Å². The summed E-state index contributed by atoms with van der Waals surface area (Å²) in [6, 6.07) is 65.4. The zero-order valence-electron chi connectivity index (χ0n) is 27.1. The van der Waals surface area contributed by atoms with E-state index in [4.69, 9.17) is 9.97 Å². The van der Waals surface area contributed by atoms with Gasteiger partial charge in [-0.2, -0.15) is 0 Å². The molecule has 0 radical (unpaired) electrons. The number of aromatic nitrogens is 2. The minimum absolute atomic E-state index is 0.403. The molecule has 2 heterocycles. The highest BCUT2D eigenvalue weighted by molar-refractivity contribution is 7.99. The molecule has 1 aromatic heterocycles. The summed E-state index contributed by atoms with van der Waals surface area (Å²) >= 11 is 1.89. The molecule has 0 atom stereocenters. The summed E-state index contributed by atoms with van der Waals surface area (Å²) in [5.74, 6) is 0.720. The van der Waals surface area contributed by atoms with E-state index >= 15 is 0 Å². The van der Waals surface area contributed by atoms with Crippen molar-refractivity contribution in [3.05, 3.63) is 204 Å². The Bertz CT molecular complexity index is 2470. The Morgan fingerprint density at radius 1 is 0.360 bits per heavy atom. The van der Waals surface area contributed by atoms with Gasteiger partial charge in [0.1, 0.15) is 0 Å². The summed E-state index contributed by atoms with van der Waals surface area (Å²) in [6.45, 7) is 0. The van der Waals surface area contributed by atoms with Crippen molar-refractivity contribution in [2.75, 3.05) is 0 Å². The van der Waals surface area contributed by atoms with Crippen molar-refractivity contribution in [1.29, 1.82) is 0 Å². The molecule has 1 spiro atoms. The summed E-state index contributed by atoms with van der Waals surface area (Å²) in [7, 11) is 0. The van der Waals surface area contributed by atoms with Gasteiger partial charge in [-0.05, 0) is 62.7 Å². The second-order valence-corrected chi connectivity index (χ2v) is 13.9. The van der Waals surface area contributed by atoms with Gasteiger partial charge in [-0.1, -0.05) is 176 Å². The molecule has 0 fully saturated rings. The van der Waals surface area contributed by atoms with E-state index in [1.165, 1.54) is 54.3 Å². The van der Waals surface area contributed by atoms with Crippen LogP contribution in [-0.4, -0.2) is 9.97 Å². The van der Waals surface area contributed by atoms with Crippen LogP contribution in [0.3, 0.4) is 0 Å². The van der Waals surface area contributed by atoms with Crippen molar-refractivity contribution in [2.24, 2.45) is 0 Å². The lowest BCUT2D eigenvalue weighted by Crippen LogP contribution is -2.32. The molecule has 10 rings (SSSR count). The van der Waals surface area contributed by atoms with Crippen LogP contribution in [0.1, 0.15) is 22.3 Å². The maximum Gasteiger partial charge on any atom is 0.160 e. The van der Waals surface area contributed by atoms with Gasteiger partial charge in [0.15, 0.2) is 5.82 Å². The molecule has 234 valence electrons. The highest BCUT2D eigenvalue weighted by atomic mass is 32.2. The molecule has 0 N–H and O–H groups in total. The highest BCUT2D eigenvalue weighted by Crippen LogP contribution is 2.63. The van der Waals surface area contributed by atoms with Crippen LogP contribution < -0.4 is 0 Å². The molecule has 0 bridgehead atoms. The maximum atomic E-state index is 5.14. The van der Waals surface area contributed by atoms with Crippen molar-refractivity contribution in [1.82, 2.24) is 9.97 Å². The van der Waals surface area contributed by atoms with Gasteiger partial charge in [-0.3, -0.25) is 0 Å². The zero-order chi connectivity index (χ0) is 33.1. The third-order valence-electron chi connectivity index (χ3n) is 10.2. The predicted octanol–water partition coefficient (Wildman–Crippen LogP) is 12.0. The minimum atomic E-state index is -0.403. The summed E-state index contributed by atoms with van der Waals surface area (Å²) < 4.78 is 0. The van der Waals surface area contributed by atoms with Crippen molar-refractivity contribution in [3.63, 3.8) is 0 Å². The fourth-order valence-electron chi connectivity index (χ4n) is 8.02. The van der Waals surface area contributed by atoms with Crippen LogP contribution in [-0.2, 0) is 5.41 Å². The van der Waals surface area contributed by atoms with Crippen molar-refractivity contribution in [2.45, 2.75) is 15.2 Å². The third-order valence-corrected chi connectivity index (χ3v) is 11.4. The number of hydrogen-bond acceptors (Lipinski definition) is 3. The molecule has 0 amide bonds.